The molecule has 1 aliphatic carbocycles. The first-order valence-corrected chi connectivity index (χ1v) is 6.71. The van der Waals surface area contributed by atoms with Crippen LogP contribution >= 0.6 is 23.2 Å². The number of carbonyl (C=O) groups is 2. The number of amides is 2. The van der Waals surface area contributed by atoms with Crippen molar-refractivity contribution in [3.63, 3.8) is 0 Å². The third kappa shape index (κ3) is 4.36. The van der Waals surface area contributed by atoms with Gasteiger partial charge in [-0.05, 0) is 25.0 Å². The fourth-order valence-electron chi connectivity index (χ4n) is 1.55. The van der Waals surface area contributed by atoms with Crippen LogP contribution in [0.25, 0.3) is 0 Å². The molecular weight excluding hydrogens is 289 g/mol. The second-order valence-corrected chi connectivity index (χ2v) is 5.10. The second kappa shape index (κ2) is 6.21. The highest BCUT2D eigenvalue weighted by Crippen LogP contribution is 2.28. The summed E-state index contributed by atoms with van der Waals surface area (Å²) in [4.78, 5) is 26.9. The van der Waals surface area contributed by atoms with Crippen molar-refractivity contribution in [2.24, 2.45) is 5.92 Å². The number of rotatable bonds is 5. The Morgan fingerprint density at radius 3 is 2.32 bits per heavy atom. The highest BCUT2D eigenvalue weighted by molar-refractivity contribution is 6.33. The van der Waals surface area contributed by atoms with Crippen molar-refractivity contribution in [2.45, 2.75) is 12.8 Å². The summed E-state index contributed by atoms with van der Waals surface area (Å²) in [5.41, 5.74) is 0.346. The average Bonchev–Trinajstić information content (AvgIpc) is 3.17. The molecule has 0 radical (unpaired) electrons. The standard InChI is InChI=1S/C12H13Cl2N3O2/c13-9-5-8(6-10(14)17-9)12(19)16-4-3-15-11(18)7-1-2-7/h5-7H,1-4H2,(H,15,18)(H,16,19). The number of halogens is 2. The van der Waals surface area contributed by atoms with Gasteiger partial charge in [-0.2, -0.15) is 0 Å². The van der Waals surface area contributed by atoms with Crippen LogP contribution in [0.4, 0.5) is 0 Å². The molecule has 0 unspecified atom stereocenters. The monoisotopic (exact) mass is 301 g/mol. The molecule has 102 valence electrons. The van der Waals surface area contributed by atoms with Crippen molar-refractivity contribution in [3.05, 3.63) is 28.0 Å². The summed E-state index contributed by atoms with van der Waals surface area (Å²) in [7, 11) is 0. The van der Waals surface area contributed by atoms with Crippen LogP contribution in [0.2, 0.25) is 10.3 Å². The Morgan fingerprint density at radius 1 is 1.16 bits per heavy atom. The van der Waals surface area contributed by atoms with Crippen molar-refractivity contribution < 1.29 is 9.59 Å². The first-order valence-electron chi connectivity index (χ1n) is 5.95. The van der Waals surface area contributed by atoms with E-state index in [4.69, 9.17) is 23.2 Å². The highest BCUT2D eigenvalue weighted by Gasteiger charge is 2.28. The number of pyridine rings is 1. The van der Waals surface area contributed by atoms with Gasteiger partial charge in [0, 0.05) is 24.6 Å². The summed E-state index contributed by atoms with van der Waals surface area (Å²) in [6, 6.07) is 2.87. The molecule has 1 aromatic rings. The third-order valence-electron chi connectivity index (χ3n) is 2.68. The van der Waals surface area contributed by atoms with Crippen LogP contribution in [0.1, 0.15) is 23.2 Å². The predicted molar refractivity (Wildman–Crippen MR) is 72.3 cm³/mol. The summed E-state index contributed by atoms with van der Waals surface area (Å²) in [6.07, 6.45) is 1.93. The zero-order valence-electron chi connectivity index (χ0n) is 10.1. The molecule has 2 N–H and O–H groups in total. The fraction of sp³-hybridized carbons (Fsp3) is 0.417. The second-order valence-electron chi connectivity index (χ2n) is 4.32. The van der Waals surface area contributed by atoms with E-state index in [1.165, 1.54) is 12.1 Å². The summed E-state index contributed by atoms with van der Waals surface area (Å²) < 4.78 is 0. The van der Waals surface area contributed by atoms with Crippen LogP contribution in [-0.4, -0.2) is 29.9 Å². The Hall–Kier alpha value is -1.33. The lowest BCUT2D eigenvalue weighted by Crippen LogP contribution is -2.35. The van der Waals surface area contributed by atoms with E-state index < -0.39 is 0 Å². The molecule has 0 bridgehead atoms. The Labute approximate surface area is 120 Å². The van der Waals surface area contributed by atoms with Crippen LogP contribution in [0.5, 0.6) is 0 Å². The van der Waals surface area contributed by atoms with Gasteiger partial charge in [-0.25, -0.2) is 4.98 Å². The van der Waals surface area contributed by atoms with Crippen molar-refractivity contribution in [1.29, 1.82) is 0 Å². The van der Waals surface area contributed by atoms with Gasteiger partial charge in [0.1, 0.15) is 10.3 Å². The molecule has 0 saturated heterocycles. The Kier molecular flexibility index (Phi) is 4.61. The van der Waals surface area contributed by atoms with E-state index >= 15 is 0 Å². The average molecular weight is 302 g/mol. The van der Waals surface area contributed by atoms with Gasteiger partial charge < -0.3 is 10.6 Å². The number of nitrogens with zero attached hydrogens (tertiary/aromatic N) is 1. The predicted octanol–water partition coefficient (Wildman–Crippen LogP) is 1.64. The Bertz CT molecular complexity index is 483. The van der Waals surface area contributed by atoms with Crippen molar-refractivity contribution in [3.8, 4) is 0 Å². The van der Waals surface area contributed by atoms with Gasteiger partial charge in [0.05, 0.1) is 0 Å². The van der Waals surface area contributed by atoms with Gasteiger partial charge in [0.15, 0.2) is 0 Å². The van der Waals surface area contributed by atoms with Crippen molar-refractivity contribution in [1.82, 2.24) is 15.6 Å². The molecular formula is C12H13Cl2N3O2. The van der Waals surface area contributed by atoms with Crippen LogP contribution in [0.3, 0.4) is 0 Å². The minimum Gasteiger partial charge on any atom is -0.354 e. The fourth-order valence-corrected chi connectivity index (χ4v) is 2.01. The molecule has 0 aliphatic heterocycles. The minimum absolute atomic E-state index is 0.0595. The van der Waals surface area contributed by atoms with Crippen molar-refractivity contribution >= 4 is 35.0 Å². The van der Waals surface area contributed by atoms with E-state index in [9.17, 15) is 9.59 Å². The lowest BCUT2D eigenvalue weighted by atomic mass is 10.2. The number of aromatic nitrogens is 1. The zero-order chi connectivity index (χ0) is 13.8. The normalized spacial score (nSPS) is 14.0. The maximum Gasteiger partial charge on any atom is 0.251 e. The smallest absolute Gasteiger partial charge is 0.251 e. The molecule has 0 spiro atoms. The molecule has 0 aromatic carbocycles. The summed E-state index contributed by atoms with van der Waals surface area (Å²) >= 11 is 11.4. The highest BCUT2D eigenvalue weighted by atomic mass is 35.5. The Balaban J connectivity index is 1.75. The van der Waals surface area contributed by atoms with Crippen molar-refractivity contribution in [2.75, 3.05) is 13.1 Å². The summed E-state index contributed by atoms with van der Waals surface area (Å²) in [5.74, 6) is -0.0652. The molecule has 2 amide bonds. The number of hydrogen-bond acceptors (Lipinski definition) is 3. The minimum atomic E-state index is -0.299. The first kappa shape index (κ1) is 14.1. The SMILES string of the molecule is O=C(NCCNC(=O)C1CC1)c1cc(Cl)nc(Cl)c1. The lowest BCUT2D eigenvalue weighted by Gasteiger charge is -2.07. The molecule has 1 aromatic heterocycles. The van der Waals surface area contributed by atoms with Gasteiger partial charge in [-0.1, -0.05) is 23.2 Å². The van der Waals surface area contributed by atoms with E-state index in [0.717, 1.165) is 12.8 Å². The van der Waals surface area contributed by atoms with Gasteiger partial charge in [0.25, 0.3) is 5.91 Å². The molecule has 1 fully saturated rings. The summed E-state index contributed by atoms with van der Waals surface area (Å²) in [6.45, 7) is 0.766. The van der Waals surface area contributed by atoms with E-state index in [2.05, 4.69) is 15.6 Å². The molecule has 1 aliphatic rings. The number of carbonyl (C=O) groups excluding carboxylic acids is 2. The molecule has 19 heavy (non-hydrogen) atoms. The third-order valence-corrected chi connectivity index (χ3v) is 3.07. The van der Waals surface area contributed by atoms with E-state index in [1.807, 2.05) is 0 Å². The first-order chi connectivity index (χ1) is 9.06. The largest absolute Gasteiger partial charge is 0.354 e. The molecule has 5 nitrogen and oxygen atoms in total. The van der Waals surface area contributed by atoms with Crippen LogP contribution in [-0.2, 0) is 4.79 Å². The molecule has 7 heteroatoms. The molecule has 0 atom stereocenters. The van der Waals surface area contributed by atoms with Gasteiger partial charge in [-0.15, -0.1) is 0 Å². The van der Waals surface area contributed by atoms with E-state index in [1.54, 1.807) is 0 Å². The Morgan fingerprint density at radius 2 is 1.74 bits per heavy atom. The van der Waals surface area contributed by atoms with Crippen LogP contribution in [0.15, 0.2) is 12.1 Å². The van der Waals surface area contributed by atoms with Gasteiger partial charge in [-0.3, -0.25) is 9.59 Å². The van der Waals surface area contributed by atoms with E-state index in [-0.39, 0.29) is 28.0 Å². The van der Waals surface area contributed by atoms with E-state index in [0.29, 0.717) is 18.7 Å². The molecule has 2 rings (SSSR count). The van der Waals surface area contributed by atoms with Gasteiger partial charge in [0.2, 0.25) is 5.91 Å². The molecule has 1 heterocycles. The number of hydrogen-bond donors (Lipinski definition) is 2. The topological polar surface area (TPSA) is 71.1 Å². The molecule has 1 saturated carbocycles. The summed E-state index contributed by atoms with van der Waals surface area (Å²) in [5, 5.41) is 5.76. The quantitative estimate of drug-likeness (QED) is 0.641. The number of nitrogens with one attached hydrogen (secondary N) is 2. The van der Waals surface area contributed by atoms with Crippen LogP contribution in [0, 0.1) is 5.92 Å². The lowest BCUT2D eigenvalue weighted by molar-refractivity contribution is -0.122. The maximum atomic E-state index is 11.8. The maximum absolute atomic E-state index is 11.8. The van der Waals surface area contributed by atoms with Gasteiger partial charge >= 0.3 is 0 Å². The zero-order valence-corrected chi connectivity index (χ0v) is 11.6. The van der Waals surface area contributed by atoms with Crippen LogP contribution < -0.4 is 10.6 Å².